The Hall–Kier alpha value is -0.120. The molecule has 0 spiro atoms. The normalized spacial score (nSPS) is 44.8. The van der Waals surface area contributed by atoms with E-state index in [-0.39, 0.29) is 11.0 Å². The highest BCUT2D eigenvalue weighted by Crippen LogP contribution is 2.58. The van der Waals surface area contributed by atoms with Crippen LogP contribution in [0.15, 0.2) is 0 Å². The summed E-state index contributed by atoms with van der Waals surface area (Å²) in [6.45, 7) is 0. The number of rotatable bonds is 1. The van der Waals surface area contributed by atoms with Crippen molar-refractivity contribution in [3.8, 4) is 0 Å². The minimum Gasteiger partial charge on any atom is -0.870 e. The average Bonchev–Trinajstić information content (AvgIpc) is 1.98. The minimum atomic E-state index is 0. The molecule has 0 amide bonds. The summed E-state index contributed by atoms with van der Waals surface area (Å²) >= 11 is 0. The first-order chi connectivity index (χ1) is 6.48. The highest BCUT2D eigenvalue weighted by molar-refractivity contribution is 5.02. The van der Waals surface area contributed by atoms with E-state index in [2.05, 4.69) is 21.1 Å². The van der Waals surface area contributed by atoms with Crippen molar-refractivity contribution in [2.45, 2.75) is 44.1 Å². The van der Waals surface area contributed by atoms with Crippen molar-refractivity contribution in [3.63, 3.8) is 0 Å². The van der Waals surface area contributed by atoms with Gasteiger partial charge in [0, 0.05) is 19.3 Å². The van der Waals surface area contributed by atoms with Gasteiger partial charge in [0.1, 0.15) is 0 Å². The Morgan fingerprint density at radius 1 is 0.812 bits per heavy atom. The van der Waals surface area contributed by atoms with Gasteiger partial charge >= 0.3 is 0 Å². The summed E-state index contributed by atoms with van der Waals surface area (Å²) in [6.07, 6.45) is 9.30. The van der Waals surface area contributed by atoms with Crippen LogP contribution in [-0.4, -0.2) is 42.1 Å². The zero-order valence-corrected chi connectivity index (χ0v) is 10.9. The summed E-state index contributed by atoms with van der Waals surface area (Å²) in [5.74, 6) is 3.29. The first-order valence-electron chi connectivity index (χ1n) is 6.30. The van der Waals surface area contributed by atoms with Crippen LogP contribution in [0.3, 0.4) is 0 Å². The summed E-state index contributed by atoms with van der Waals surface area (Å²) in [4.78, 5) is 0. The maximum absolute atomic E-state index is 2.42. The molecule has 4 fully saturated rings. The number of nitrogens with zero attached hydrogens (tertiary/aromatic N) is 1. The Kier molecular flexibility index (Phi) is 3.46. The molecule has 0 aliphatic heterocycles. The molecule has 96 valence electrons. The lowest BCUT2D eigenvalue weighted by atomic mass is 9.52. The zero-order valence-electron chi connectivity index (χ0n) is 10.9. The molecular formula is C13H27NO2. The van der Waals surface area contributed by atoms with Gasteiger partial charge in [-0.1, -0.05) is 0 Å². The van der Waals surface area contributed by atoms with E-state index in [1.165, 1.54) is 23.7 Å². The summed E-state index contributed by atoms with van der Waals surface area (Å²) in [5, 5.41) is 0. The fourth-order valence-electron chi connectivity index (χ4n) is 4.89. The monoisotopic (exact) mass is 229 g/mol. The molecule has 0 aromatic rings. The molecule has 0 aromatic heterocycles. The third-order valence-corrected chi connectivity index (χ3v) is 5.43. The number of hydrogen-bond donors (Lipinski definition) is 0. The molecule has 4 rings (SSSR count). The van der Waals surface area contributed by atoms with Crippen molar-refractivity contribution in [1.29, 1.82) is 0 Å². The van der Waals surface area contributed by atoms with Crippen LogP contribution in [0.1, 0.15) is 38.5 Å². The van der Waals surface area contributed by atoms with E-state index in [1.807, 2.05) is 0 Å². The minimum absolute atomic E-state index is 0. The predicted octanol–water partition coefficient (Wildman–Crippen LogP) is 1.66. The average molecular weight is 229 g/mol. The molecule has 4 aliphatic rings. The van der Waals surface area contributed by atoms with Crippen LogP contribution >= 0.6 is 0 Å². The predicted molar refractivity (Wildman–Crippen MR) is 64.5 cm³/mol. The SMILES string of the molecule is C[N+](C)(C)C12CC3CC(CC(C3)C1)C2.O.[OH-]. The highest BCUT2D eigenvalue weighted by Gasteiger charge is 2.57. The van der Waals surface area contributed by atoms with Crippen LogP contribution in [0.4, 0.5) is 0 Å². The van der Waals surface area contributed by atoms with Crippen molar-refractivity contribution in [2.75, 3.05) is 21.1 Å². The Balaban J connectivity index is 0.000000640. The van der Waals surface area contributed by atoms with Gasteiger partial charge in [-0.25, -0.2) is 0 Å². The van der Waals surface area contributed by atoms with Gasteiger partial charge in [0.2, 0.25) is 0 Å². The van der Waals surface area contributed by atoms with Gasteiger partial charge in [0.15, 0.2) is 0 Å². The molecule has 4 bridgehead atoms. The van der Waals surface area contributed by atoms with Crippen molar-refractivity contribution in [2.24, 2.45) is 17.8 Å². The van der Waals surface area contributed by atoms with Crippen LogP contribution in [-0.2, 0) is 0 Å². The Labute approximate surface area is 99.0 Å². The molecule has 0 atom stereocenters. The van der Waals surface area contributed by atoms with Gasteiger partial charge in [-0.15, -0.1) is 0 Å². The topological polar surface area (TPSA) is 61.5 Å². The lowest BCUT2D eigenvalue weighted by Crippen LogP contribution is -2.65. The summed E-state index contributed by atoms with van der Waals surface area (Å²) in [6, 6.07) is 0. The molecule has 3 nitrogen and oxygen atoms in total. The number of quaternary nitrogens is 1. The highest BCUT2D eigenvalue weighted by atomic mass is 16.0. The molecule has 4 saturated carbocycles. The second kappa shape index (κ2) is 3.97. The van der Waals surface area contributed by atoms with Crippen LogP contribution in [0, 0.1) is 17.8 Å². The molecular weight excluding hydrogens is 202 g/mol. The standard InChI is InChI=1S/C13H24N.2H2O/c1-14(2,3)13-7-10-4-11(8-13)6-12(5-10)9-13;;/h10-12H,4-9H2,1-3H3;2*1H2/q+1;;/p-1. The molecule has 3 heteroatoms. The summed E-state index contributed by atoms with van der Waals surface area (Å²) in [5.41, 5.74) is 0.675. The fourth-order valence-corrected chi connectivity index (χ4v) is 4.89. The molecule has 0 heterocycles. The van der Waals surface area contributed by atoms with Crippen LogP contribution in [0.25, 0.3) is 0 Å². The number of hydrogen-bond acceptors (Lipinski definition) is 1. The maximum atomic E-state index is 2.42. The molecule has 0 unspecified atom stereocenters. The van der Waals surface area contributed by atoms with Crippen molar-refractivity contribution in [1.82, 2.24) is 0 Å². The molecule has 0 radical (unpaired) electrons. The van der Waals surface area contributed by atoms with E-state index in [0.717, 1.165) is 17.8 Å². The Bertz CT molecular complexity index is 222. The lowest BCUT2D eigenvalue weighted by molar-refractivity contribution is -0.930. The van der Waals surface area contributed by atoms with E-state index in [0.29, 0.717) is 5.54 Å². The van der Waals surface area contributed by atoms with Gasteiger partial charge in [-0.05, 0) is 37.0 Å². The lowest BCUT2D eigenvalue weighted by Gasteiger charge is -2.61. The van der Waals surface area contributed by atoms with Gasteiger partial charge in [-0.2, -0.15) is 0 Å². The van der Waals surface area contributed by atoms with E-state index >= 15 is 0 Å². The third-order valence-electron chi connectivity index (χ3n) is 5.43. The summed E-state index contributed by atoms with van der Waals surface area (Å²) in [7, 11) is 7.27. The molecule has 16 heavy (non-hydrogen) atoms. The molecule has 0 aromatic carbocycles. The first kappa shape index (κ1) is 13.9. The molecule has 4 aliphatic carbocycles. The molecule has 3 N–H and O–H groups in total. The van der Waals surface area contributed by atoms with Crippen molar-refractivity contribution < 1.29 is 15.4 Å². The van der Waals surface area contributed by atoms with Crippen LogP contribution in [0.2, 0.25) is 0 Å². The van der Waals surface area contributed by atoms with Gasteiger partial charge in [-0.3, -0.25) is 0 Å². The fraction of sp³-hybridized carbons (Fsp3) is 1.00. The largest absolute Gasteiger partial charge is 0.870 e. The van der Waals surface area contributed by atoms with Gasteiger partial charge in [0.05, 0.1) is 26.7 Å². The zero-order chi connectivity index (χ0) is 9.97. The Morgan fingerprint density at radius 2 is 1.12 bits per heavy atom. The van der Waals surface area contributed by atoms with Crippen molar-refractivity contribution >= 4 is 0 Å². The quantitative estimate of drug-likeness (QED) is 0.631. The first-order valence-corrected chi connectivity index (χ1v) is 6.30. The van der Waals surface area contributed by atoms with E-state index in [1.54, 1.807) is 19.3 Å². The van der Waals surface area contributed by atoms with E-state index < -0.39 is 0 Å². The molecule has 0 saturated heterocycles. The van der Waals surface area contributed by atoms with Crippen LogP contribution < -0.4 is 0 Å². The van der Waals surface area contributed by atoms with Gasteiger partial charge < -0.3 is 15.4 Å². The summed E-state index contributed by atoms with van der Waals surface area (Å²) < 4.78 is 1.22. The van der Waals surface area contributed by atoms with Gasteiger partial charge in [0.25, 0.3) is 0 Å². The van der Waals surface area contributed by atoms with Crippen molar-refractivity contribution in [3.05, 3.63) is 0 Å². The van der Waals surface area contributed by atoms with E-state index in [9.17, 15) is 0 Å². The smallest absolute Gasteiger partial charge is 0.0994 e. The van der Waals surface area contributed by atoms with Crippen LogP contribution in [0.5, 0.6) is 0 Å². The maximum Gasteiger partial charge on any atom is 0.0994 e. The third kappa shape index (κ3) is 1.79. The van der Waals surface area contributed by atoms with E-state index in [4.69, 9.17) is 0 Å². The Morgan fingerprint density at radius 3 is 1.38 bits per heavy atom. The second-order valence-corrected chi connectivity index (χ2v) is 7.15. The second-order valence-electron chi connectivity index (χ2n) is 7.15.